The van der Waals surface area contributed by atoms with Gasteiger partial charge in [0, 0.05) is 41.9 Å². The quantitative estimate of drug-likeness (QED) is 0.404. The molecule has 4 aromatic rings. The predicted octanol–water partition coefficient (Wildman–Crippen LogP) is 4.68. The molecule has 1 amide bonds. The molecule has 0 radical (unpaired) electrons. The number of fused-ring (bicyclic) bond motifs is 1. The van der Waals surface area contributed by atoms with Gasteiger partial charge >= 0.3 is 0 Å². The van der Waals surface area contributed by atoms with E-state index in [1.54, 1.807) is 13.4 Å². The zero-order valence-corrected chi connectivity index (χ0v) is 19.6. The molecule has 1 atom stereocenters. The van der Waals surface area contributed by atoms with E-state index in [2.05, 4.69) is 5.32 Å². The van der Waals surface area contributed by atoms with Crippen LogP contribution in [0.5, 0.6) is 5.75 Å². The van der Waals surface area contributed by atoms with Gasteiger partial charge < -0.3 is 14.5 Å². The molecule has 0 spiro atoms. The van der Waals surface area contributed by atoms with Crippen LogP contribution >= 0.6 is 0 Å². The van der Waals surface area contributed by atoms with E-state index in [1.807, 2.05) is 67.8 Å². The van der Waals surface area contributed by atoms with Gasteiger partial charge in [0.1, 0.15) is 11.5 Å². The van der Waals surface area contributed by atoms with Crippen LogP contribution < -0.4 is 10.1 Å². The standard InChI is InChI=1S/C26H30N4O3/c1-17(11-12-20-8-7-15-33-20)27-26(31)14-13-21-18(2)28-25-16-23(29-30(25)19(21)3)22-9-5-6-10-24(22)32-4/h5-10,15-17H,11-14H2,1-4H3,(H,27,31)/t17-/m0/s1. The number of hydrogen-bond donors (Lipinski definition) is 1. The zero-order valence-electron chi connectivity index (χ0n) is 19.6. The molecule has 0 aliphatic rings. The van der Waals surface area contributed by atoms with Crippen LogP contribution in [-0.2, 0) is 17.6 Å². The molecule has 4 rings (SSSR count). The number of furan rings is 1. The first kappa shape index (κ1) is 22.6. The summed E-state index contributed by atoms with van der Waals surface area (Å²) in [5, 5.41) is 7.87. The number of aryl methyl sites for hydroxylation is 3. The minimum Gasteiger partial charge on any atom is -0.496 e. The van der Waals surface area contributed by atoms with Crippen LogP contribution in [0, 0.1) is 13.8 Å². The molecular weight excluding hydrogens is 416 g/mol. The van der Waals surface area contributed by atoms with Crippen LogP contribution in [0.15, 0.2) is 53.1 Å². The lowest BCUT2D eigenvalue weighted by Gasteiger charge is -2.14. The van der Waals surface area contributed by atoms with Crippen molar-refractivity contribution in [3.05, 3.63) is 71.4 Å². The monoisotopic (exact) mass is 446 g/mol. The highest BCUT2D eigenvalue weighted by molar-refractivity contribution is 5.76. The molecule has 0 saturated heterocycles. The van der Waals surface area contributed by atoms with Gasteiger partial charge in [-0.05, 0) is 63.4 Å². The lowest BCUT2D eigenvalue weighted by molar-refractivity contribution is -0.121. The molecule has 7 heteroatoms. The number of carbonyl (C=O) groups excluding carboxylic acids is 1. The van der Waals surface area contributed by atoms with E-state index in [1.165, 1.54) is 0 Å². The van der Waals surface area contributed by atoms with Gasteiger partial charge in [-0.15, -0.1) is 0 Å². The van der Waals surface area contributed by atoms with E-state index in [-0.39, 0.29) is 11.9 Å². The molecule has 0 aliphatic carbocycles. The maximum Gasteiger partial charge on any atom is 0.220 e. The van der Waals surface area contributed by atoms with Crippen molar-refractivity contribution in [1.29, 1.82) is 0 Å². The highest BCUT2D eigenvalue weighted by atomic mass is 16.5. The third-order valence-electron chi connectivity index (χ3n) is 5.96. The Morgan fingerprint density at radius 3 is 2.76 bits per heavy atom. The molecule has 1 N–H and O–H groups in total. The Bertz CT molecular complexity index is 1240. The second kappa shape index (κ2) is 9.90. The number of nitrogens with one attached hydrogen (secondary N) is 1. The number of para-hydroxylation sites is 1. The van der Waals surface area contributed by atoms with Crippen LogP contribution in [0.1, 0.15) is 42.5 Å². The van der Waals surface area contributed by atoms with Crippen molar-refractivity contribution in [2.45, 2.75) is 52.5 Å². The third kappa shape index (κ3) is 5.08. The van der Waals surface area contributed by atoms with Crippen LogP contribution in [-0.4, -0.2) is 33.7 Å². The number of ether oxygens (including phenoxy) is 1. The number of aromatic nitrogens is 3. The van der Waals surface area contributed by atoms with Crippen molar-refractivity contribution in [2.24, 2.45) is 0 Å². The number of hydrogen-bond acceptors (Lipinski definition) is 5. The van der Waals surface area contributed by atoms with Gasteiger partial charge in [0.05, 0.1) is 19.1 Å². The summed E-state index contributed by atoms with van der Waals surface area (Å²) in [6.07, 6.45) is 4.33. The minimum atomic E-state index is 0.0380. The maximum absolute atomic E-state index is 12.5. The number of rotatable bonds is 9. The SMILES string of the molecule is COc1ccccc1-c1cc2nc(C)c(CCC(=O)N[C@@H](C)CCc3ccco3)c(C)n2n1. The molecule has 33 heavy (non-hydrogen) atoms. The van der Waals surface area contributed by atoms with E-state index < -0.39 is 0 Å². The Morgan fingerprint density at radius 1 is 1.18 bits per heavy atom. The Labute approximate surface area is 193 Å². The lowest BCUT2D eigenvalue weighted by Crippen LogP contribution is -2.33. The summed E-state index contributed by atoms with van der Waals surface area (Å²) in [4.78, 5) is 17.3. The van der Waals surface area contributed by atoms with Crippen LogP contribution in [0.25, 0.3) is 16.9 Å². The number of benzene rings is 1. The van der Waals surface area contributed by atoms with E-state index in [0.29, 0.717) is 12.8 Å². The predicted molar refractivity (Wildman–Crippen MR) is 127 cm³/mol. The van der Waals surface area contributed by atoms with E-state index in [0.717, 1.165) is 58.2 Å². The summed E-state index contributed by atoms with van der Waals surface area (Å²) in [5.41, 5.74) is 5.48. The van der Waals surface area contributed by atoms with Crippen molar-refractivity contribution in [3.8, 4) is 17.0 Å². The Balaban J connectivity index is 1.45. The lowest BCUT2D eigenvalue weighted by atomic mass is 10.1. The summed E-state index contributed by atoms with van der Waals surface area (Å²) >= 11 is 0. The molecule has 0 unspecified atom stereocenters. The fraction of sp³-hybridized carbons (Fsp3) is 0.346. The molecule has 0 aliphatic heterocycles. The molecular formula is C26H30N4O3. The number of nitrogens with zero attached hydrogens (tertiary/aromatic N) is 3. The Hall–Kier alpha value is -3.61. The van der Waals surface area contributed by atoms with E-state index in [9.17, 15) is 4.79 Å². The summed E-state index contributed by atoms with van der Waals surface area (Å²) < 4.78 is 12.7. The first-order chi connectivity index (χ1) is 16.0. The van der Waals surface area contributed by atoms with Crippen molar-refractivity contribution in [1.82, 2.24) is 19.9 Å². The molecule has 0 bridgehead atoms. The number of carbonyl (C=O) groups is 1. The van der Waals surface area contributed by atoms with Gasteiger partial charge in [-0.2, -0.15) is 5.10 Å². The van der Waals surface area contributed by atoms with Crippen LogP contribution in [0.3, 0.4) is 0 Å². The molecule has 1 aromatic carbocycles. The van der Waals surface area contributed by atoms with Gasteiger partial charge in [-0.1, -0.05) is 12.1 Å². The Morgan fingerprint density at radius 2 is 2.00 bits per heavy atom. The minimum absolute atomic E-state index is 0.0380. The second-order valence-electron chi connectivity index (χ2n) is 8.35. The smallest absolute Gasteiger partial charge is 0.220 e. The van der Waals surface area contributed by atoms with Crippen molar-refractivity contribution >= 4 is 11.6 Å². The average Bonchev–Trinajstić information content (AvgIpc) is 3.47. The first-order valence-corrected chi connectivity index (χ1v) is 11.3. The summed E-state index contributed by atoms with van der Waals surface area (Å²) in [5.74, 6) is 1.75. The summed E-state index contributed by atoms with van der Waals surface area (Å²) in [6.45, 7) is 6.04. The highest BCUT2D eigenvalue weighted by Crippen LogP contribution is 2.30. The van der Waals surface area contributed by atoms with Crippen LogP contribution in [0.4, 0.5) is 0 Å². The molecule has 3 heterocycles. The fourth-order valence-electron chi connectivity index (χ4n) is 4.15. The van der Waals surface area contributed by atoms with Gasteiger partial charge in [0.25, 0.3) is 0 Å². The third-order valence-corrected chi connectivity index (χ3v) is 5.96. The molecule has 3 aromatic heterocycles. The molecule has 0 saturated carbocycles. The molecule has 0 fully saturated rings. The van der Waals surface area contributed by atoms with Gasteiger partial charge in [0.2, 0.25) is 5.91 Å². The van der Waals surface area contributed by atoms with Gasteiger partial charge in [0.15, 0.2) is 5.65 Å². The van der Waals surface area contributed by atoms with E-state index >= 15 is 0 Å². The normalized spacial score (nSPS) is 12.1. The average molecular weight is 447 g/mol. The van der Waals surface area contributed by atoms with Crippen LogP contribution in [0.2, 0.25) is 0 Å². The second-order valence-corrected chi connectivity index (χ2v) is 8.35. The largest absolute Gasteiger partial charge is 0.496 e. The molecule has 7 nitrogen and oxygen atoms in total. The van der Waals surface area contributed by atoms with E-state index in [4.69, 9.17) is 19.2 Å². The zero-order chi connectivity index (χ0) is 23.4. The first-order valence-electron chi connectivity index (χ1n) is 11.3. The Kier molecular flexibility index (Phi) is 6.77. The number of amides is 1. The summed E-state index contributed by atoms with van der Waals surface area (Å²) in [7, 11) is 1.66. The van der Waals surface area contributed by atoms with Crippen molar-refractivity contribution in [3.63, 3.8) is 0 Å². The number of methoxy groups -OCH3 is 1. The van der Waals surface area contributed by atoms with Crippen molar-refractivity contribution < 1.29 is 13.9 Å². The van der Waals surface area contributed by atoms with Crippen molar-refractivity contribution in [2.75, 3.05) is 7.11 Å². The highest BCUT2D eigenvalue weighted by Gasteiger charge is 2.16. The maximum atomic E-state index is 12.5. The fourth-order valence-corrected chi connectivity index (χ4v) is 4.15. The molecule has 172 valence electrons. The van der Waals surface area contributed by atoms with Gasteiger partial charge in [-0.3, -0.25) is 4.79 Å². The van der Waals surface area contributed by atoms with Gasteiger partial charge in [-0.25, -0.2) is 9.50 Å². The summed E-state index contributed by atoms with van der Waals surface area (Å²) in [6, 6.07) is 13.7. The topological polar surface area (TPSA) is 81.7 Å².